The number of nitrogens with one attached hydrogen (secondary N) is 2. The molecule has 3 N–H and O–H groups in total. The van der Waals surface area contributed by atoms with Crippen LogP contribution in [0.2, 0.25) is 0 Å². The van der Waals surface area contributed by atoms with Crippen molar-refractivity contribution in [3.63, 3.8) is 0 Å². The van der Waals surface area contributed by atoms with Crippen molar-refractivity contribution in [1.82, 2.24) is 10.2 Å². The molecule has 3 saturated heterocycles. The van der Waals surface area contributed by atoms with Crippen molar-refractivity contribution in [3.05, 3.63) is 60.2 Å². The normalized spacial score (nSPS) is 29.7. The Morgan fingerprint density at radius 3 is 2.54 bits per heavy atom. The molecule has 0 aromatic heterocycles. The van der Waals surface area contributed by atoms with Crippen molar-refractivity contribution in [3.8, 4) is 5.75 Å². The van der Waals surface area contributed by atoms with Gasteiger partial charge in [0.1, 0.15) is 17.4 Å². The largest absolute Gasteiger partial charge is 0.497 e. The molecule has 3 amide bonds. The fourth-order valence-electron chi connectivity index (χ4n) is 6.45. The molecule has 2 aromatic rings. The topological polar surface area (TPSA) is 117 Å². The van der Waals surface area contributed by atoms with Gasteiger partial charge >= 0.3 is 0 Å². The van der Waals surface area contributed by atoms with Crippen LogP contribution in [0.5, 0.6) is 5.75 Å². The van der Waals surface area contributed by atoms with Crippen LogP contribution in [0.25, 0.3) is 0 Å². The number of fused-ring (bicyclic) bond motifs is 1. The van der Waals surface area contributed by atoms with E-state index < -0.39 is 41.5 Å². The first-order valence-electron chi connectivity index (χ1n) is 13.4. The SMILES string of the molecule is CCCNC(=O)[C@H]1[C@@H]2OC3(CC2Br)C(C(=O)Nc2ccc(OC)cc2)N([C@@H](CO)Cc2ccccc2)C(=O)[C@H]13. The van der Waals surface area contributed by atoms with Gasteiger partial charge in [0.05, 0.1) is 37.7 Å². The first kappa shape index (κ1) is 27.6. The molecule has 10 heteroatoms. The zero-order chi connectivity index (χ0) is 27.7. The molecular formula is C29H34BrN3O6. The molecule has 7 atom stereocenters. The van der Waals surface area contributed by atoms with E-state index >= 15 is 0 Å². The number of methoxy groups -OCH3 is 1. The Bertz CT molecular complexity index is 1210. The third kappa shape index (κ3) is 4.83. The maximum Gasteiger partial charge on any atom is 0.250 e. The molecule has 39 heavy (non-hydrogen) atoms. The summed E-state index contributed by atoms with van der Waals surface area (Å²) in [5, 5.41) is 16.4. The third-order valence-corrected chi connectivity index (χ3v) is 8.95. The first-order chi connectivity index (χ1) is 18.8. The van der Waals surface area contributed by atoms with E-state index in [9.17, 15) is 19.5 Å². The van der Waals surface area contributed by atoms with E-state index in [1.54, 1.807) is 31.4 Å². The Morgan fingerprint density at radius 1 is 1.18 bits per heavy atom. The van der Waals surface area contributed by atoms with Crippen LogP contribution in [-0.2, 0) is 25.5 Å². The number of alkyl halides is 1. The number of carbonyl (C=O) groups excluding carboxylic acids is 3. The number of carbonyl (C=O) groups is 3. The van der Waals surface area contributed by atoms with Crippen LogP contribution < -0.4 is 15.4 Å². The van der Waals surface area contributed by atoms with Gasteiger partial charge in [-0.2, -0.15) is 0 Å². The van der Waals surface area contributed by atoms with Crippen molar-refractivity contribution in [2.45, 2.75) is 54.8 Å². The van der Waals surface area contributed by atoms with Gasteiger partial charge in [-0.25, -0.2) is 0 Å². The number of nitrogens with zero attached hydrogens (tertiary/aromatic N) is 1. The number of anilines is 1. The second-order valence-electron chi connectivity index (χ2n) is 10.4. The lowest BCUT2D eigenvalue weighted by Gasteiger charge is -2.37. The molecule has 208 valence electrons. The summed E-state index contributed by atoms with van der Waals surface area (Å²) in [6.07, 6.45) is 0.975. The second-order valence-corrected chi connectivity index (χ2v) is 11.6. The summed E-state index contributed by atoms with van der Waals surface area (Å²) in [5.74, 6) is -1.92. The second kappa shape index (κ2) is 11.3. The molecule has 3 aliphatic heterocycles. The fraction of sp³-hybridized carbons (Fsp3) is 0.483. The molecule has 0 radical (unpaired) electrons. The Kier molecular flexibility index (Phi) is 7.98. The molecule has 3 fully saturated rings. The molecular weight excluding hydrogens is 566 g/mol. The lowest BCUT2D eigenvalue weighted by molar-refractivity contribution is -0.144. The number of benzene rings is 2. The number of rotatable bonds is 10. The van der Waals surface area contributed by atoms with Gasteiger partial charge in [-0.3, -0.25) is 14.4 Å². The van der Waals surface area contributed by atoms with Crippen molar-refractivity contribution >= 4 is 39.3 Å². The van der Waals surface area contributed by atoms with E-state index in [1.807, 2.05) is 37.3 Å². The van der Waals surface area contributed by atoms with Gasteiger partial charge in [-0.15, -0.1) is 0 Å². The number of amides is 3. The van der Waals surface area contributed by atoms with Crippen LogP contribution in [0.15, 0.2) is 54.6 Å². The molecule has 2 bridgehead atoms. The van der Waals surface area contributed by atoms with Crippen molar-refractivity contribution in [1.29, 1.82) is 0 Å². The van der Waals surface area contributed by atoms with Gasteiger partial charge in [-0.05, 0) is 49.1 Å². The predicted molar refractivity (Wildman–Crippen MR) is 148 cm³/mol. The van der Waals surface area contributed by atoms with Gasteiger partial charge < -0.3 is 30.1 Å². The number of likely N-dealkylation sites (tertiary alicyclic amines) is 1. The van der Waals surface area contributed by atoms with Gasteiger partial charge in [0.25, 0.3) is 0 Å². The van der Waals surface area contributed by atoms with Crippen LogP contribution in [0.3, 0.4) is 0 Å². The highest BCUT2D eigenvalue weighted by molar-refractivity contribution is 9.09. The lowest BCUT2D eigenvalue weighted by Crippen LogP contribution is -2.57. The minimum Gasteiger partial charge on any atom is -0.497 e. The molecule has 1 spiro atoms. The number of ether oxygens (including phenoxy) is 2. The molecule has 3 heterocycles. The van der Waals surface area contributed by atoms with Gasteiger partial charge in [0, 0.05) is 17.1 Å². The maximum atomic E-state index is 14.3. The number of hydrogen-bond donors (Lipinski definition) is 3. The van der Waals surface area contributed by atoms with Gasteiger partial charge in [-0.1, -0.05) is 53.2 Å². The number of halogens is 1. The minimum absolute atomic E-state index is 0.197. The zero-order valence-electron chi connectivity index (χ0n) is 22.0. The fourth-order valence-corrected chi connectivity index (χ4v) is 7.39. The number of aliphatic hydroxyl groups is 1. The quantitative estimate of drug-likeness (QED) is 0.361. The molecule has 3 unspecified atom stereocenters. The summed E-state index contributed by atoms with van der Waals surface area (Å²) in [4.78, 5) is 42.9. The van der Waals surface area contributed by atoms with Crippen molar-refractivity contribution in [2.75, 3.05) is 25.6 Å². The van der Waals surface area contributed by atoms with Crippen LogP contribution in [0.4, 0.5) is 5.69 Å². The summed E-state index contributed by atoms with van der Waals surface area (Å²) in [7, 11) is 1.56. The minimum atomic E-state index is -1.20. The molecule has 9 nitrogen and oxygen atoms in total. The van der Waals surface area contributed by atoms with E-state index in [1.165, 1.54) is 4.90 Å². The van der Waals surface area contributed by atoms with Crippen LogP contribution >= 0.6 is 15.9 Å². The van der Waals surface area contributed by atoms with Crippen LogP contribution in [0, 0.1) is 11.8 Å². The molecule has 3 aliphatic rings. The monoisotopic (exact) mass is 599 g/mol. The summed E-state index contributed by atoms with van der Waals surface area (Å²) in [6, 6.07) is 14.7. The van der Waals surface area contributed by atoms with Crippen molar-refractivity contribution in [2.24, 2.45) is 11.8 Å². The summed E-state index contributed by atoms with van der Waals surface area (Å²) >= 11 is 3.68. The van der Waals surface area contributed by atoms with Gasteiger partial charge in [0.15, 0.2) is 0 Å². The Hall–Kier alpha value is -2.95. The zero-order valence-corrected chi connectivity index (χ0v) is 23.6. The Balaban J connectivity index is 1.53. The highest BCUT2D eigenvalue weighted by Crippen LogP contribution is 2.60. The van der Waals surface area contributed by atoms with E-state index in [-0.39, 0.29) is 23.2 Å². The summed E-state index contributed by atoms with van der Waals surface area (Å²) in [6.45, 7) is 2.11. The first-order valence-corrected chi connectivity index (χ1v) is 14.3. The number of aliphatic hydroxyl groups excluding tert-OH is 1. The Labute approximate surface area is 236 Å². The molecule has 5 rings (SSSR count). The average molecular weight is 601 g/mol. The lowest BCUT2D eigenvalue weighted by atomic mass is 9.70. The predicted octanol–water partition coefficient (Wildman–Crippen LogP) is 2.51. The van der Waals surface area contributed by atoms with Crippen molar-refractivity contribution < 1.29 is 29.0 Å². The Morgan fingerprint density at radius 2 is 1.90 bits per heavy atom. The molecule has 0 saturated carbocycles. The standard InChI is InChI=1S/C29H34BrN3O6/c1-3-13-31-26(35)22-23-28(37)33(19(16-34)14-17-7-5-4-6-8-17)25(29(23)15-21(30)24(22)39-29)27(36)32-18-9-11-20(38-2)12-10-18/h4-12,19,21-25,34H,3,13-16H2,1-2H3,(H,31,35)(H,32,36)/t19-,21?,22-,23+,24-,25?,29?/m1/s1. The summed E-state index contributed by atoms with van der Waals surface area (Å²) in [5.41, 5.74) is 0.260. The van der Waals surface area contributed by atoms with Crippen LogP contribution in [0.1, 0.15) is 25.3 Å². The van der Waals surface area contributed by atoms with E-state index in [0.717, 1.165) is 12.0 Å². The molecule has 0 aliphatic carbocycles. The van der Waals surface area contributed by atoms with Gasteiger partial charge in [0.2, 0.25) is 17.7 Å². The highest BCUT2D eigenvalue weighted by Gasteiger charge is 2.77. The summed E-state index contributed by atoms with van der Waals surface area (Å²) < 4.78 is 11.8. The third-order valence-electron chi connectivity index (χ3n) is 8.10. The maximum absolute atomic E-state index is 14.3. The number of hydrogen-bond acceptors (Lipinski definition) is 6. The van der Waals surface area contributed by atoms with E-state index in [4.69, 9.17) is 9.47 Å². The van der Waals surface area contributed by atoms with Crippen LogP contribution in [-0.4, -0.2) is 76.6 Å². The smallest absolute Gasteiger partial charge is 0.250 e. The van der Waals surface area contributed by atoms with E-state index in [0.29, 0.717) is 30.8 Å². The highest BCUT2D eigenvalue weighted by atomic mass is 79.9. The average Bonchev–Trinajstić information content (AvgIpc) is 3.54. The molecule has 2 aromatic carbocycles. The van der Waals surface area contributed by atoms with E-state index in [2.05, 4.69) is 26.6 Å².